The molecule has 0 unspecified atom stereocenters. The highest BCUT2D eigenvalue weighted by atomic mass is 79.9. The van der Waals surface area contributed by atoms with E-state index in [0.717, 1.165) is 11.3 Å². The van der Waals surface area contributed by atoms with Gasteiger partial charge in [0.2, 0.25) is 5.91 Å². The highest BCUT2D eigenvalue weighted by molar-refractivity contribution is 9.10. The molecular weight excluding hydrogens is 468 g/mol. The standard InChI is InChI=1S/C19H19BrClF2N5O/c1-10-17(12(3)27(25-10)8-13-4-6-14(21)7-5-13)24-15(29)9-28-11(2)16(20)18(26-28)19(22)23/h4-7,19H,8-9H2,1-3H3,(H,24,29). The molecule has 0 bridgehead atoms. The molecule has 0 saturated carbocycles. The van der Waals surface area contributed by atoms with Gasteiger partial charge in [0.15, 0.2) is 0 Å². The van der Waals surface area contributed by atoms with Crippen molar-refractivity contribution in [2.45, 2.75) is 40.3 Å². The Kier molecular flexibility index (Phi) is 6.38. The van der Waals surface area contributed by atoms with Crippen molar-refractivity contribution in [3.63, 3.8) is 0 Å². The topological polar surface area (TPSA) is 64.7 Å². The number of anilines is 1. The van der Waals surface area contributed by atoms with Crippen molar-refractivity contribution in [3.8, 4) is 0 Å². The first-order valence-corrected chi connectivity index (χ1v) is 9.93. The molecule has 1 aromatic carbocycles. The molecule has 0 aliphatic heterocycles. The number of alkyl halides is 2. The maximum Gasteiger partial charge on any atom is 0.283 e. The van der Waals surface area contributed by atoms with E-state index in [1.165, 1.54) is 4.68 Å². The van der Waals surface area contributed by atoms with Crippen molar-refractivity contribution in [2.75, 3.05) is 5.32 Å². The number of halogens is 4. The van der Waals surface area contributed by atoms with Crippen LogP contribution in [-0.4, -0.2) is 25.5 Å². The molecule has 0 atom stereocenters. The summed E-state index contributed by atoms with van der Waals surface area (Å²) in [5.74, 6) is -0.374. The number of hydrogen-bond donors (Lipinski definition) is 1. The van der Waals surface area contributed by atoms with Gasteiger partial charge in [-0.15, -0.1) is 0 Å². The van der Waals surface area contributed by atoms with Crippen LogP contribution in [-0.2, 0) is 17.9 Å². The number of carbonyl (C=O) groups excluding carboxylic acids is 1. The van der Waals surface area contributed by atoms with Gasteiger partial charge in [-0.25, -0.2) is 8.78 Å². The molecule has 3 aromatic rings. The first kappa shape index (κ1) is 21.4. The third-order valence-corrected chi connectivity index (χ3v) is 5.78. The Balaban J connectivity index is 1.75. The number of amides is 1. The Hall–Kier alpha value is -2.26. The van der Waals surface area contributed by atoms with Crippen molar-refractivity contribution in [1.29, 1.82) is 0 Å². The molecule has 10 heteroatoms. The second kappa shape index (κ2) is 8.62. The Morgan fingerprint density at radius 3 is 2.38 bits per heavy atom. The van der Waals surface area contributed by atoms with Crippen molar-refractivity contribution in [1.82, 2.24) is 19.6 Å². The molecule has 0 aliphatic rings. The molecule has 154 valence electrons. The average molecular weight is 487 g/mol. The molecule has 1 N–H and O–H groups in total. The van der Waals surface area contributed by atoms with Crippen molar-refractivity contribution < 1.29 is 13.6 Å². The van der Waals surface area contributed by atoms with E-state index in [-0.39, 0.29) is 22.6 Å². The summed E-state index contributed by atoms with van der Waals surface area (Å²) in [6.07, 6.45) is -2.72. The normalized spacial score (nSPS) is 11.3. The molecule has 0 spiro atoms. The van der Waals surface area contributed by atoms with Gasteiger partial charge in [0.25, 0.3) is 6.43 Å². The van der Waals surface area contributed by atoms with Gasteiger partial charge < -0.3 is 5.32 Å². The lowest BCUT2D eigenvalue weighted by atomic mass is 10.2. The summed E-state index contributed by atoms with van der Waals surface area (Å²) in [5, 5.41) is 11.8. The van der Waals surface area contributed by atoms with E-state index in [4.69, 9.17) is 11.6 Å². The predicted molar refractivity (Wildman–Crippen MR) is 111 cm³/mol. The van der Waals surface area contributed by atoms with E-state index in [0.29, 0.717) is 28.6 Å². The Bertz CT molecular complexity index is 1050. The van der Waals surface area contributed by atoms with Crippen LogP contribution in [0, 0.1) is 20.8 Å². The number of carbonyl (C=O) groups is 1. The first-order valence-electron chi connectivity index (χ1n) is 8.76. The van der Waals surface area contributed by atoms with Crippen LogP contribution in [0.15, 0.2) is 28.7 Å². The molecule has 6 nitrogen and oxygen atoms in total. The van der Waals surface area contributed by atoms with E-state index >= 15 is 0 Å². The lowest BCUT2D eigenvalue weighted by molar-refractivity contribution is -0.117. The van der Waals surface area contributed by atoms with Gasteiger partial charge in [-0.3, -0.25) is 14.2 Å². The Morgan fingerprint density at radius 2 is 1.79 bits per heavy atom. The van der Waals surface area contributed by atoms with Crippen LogP contribution in [0.3, 0.4) is 0 Å². The lowest BCUT2D eigenvalue weighted by Gasteiger charge is -2.08. The lowest BCUT2D eigenvalue weighted by Crippen LogP contribution is -2.21. The third-order valence-electron chi connectivity index (χ3n) is 4.55. The number of aryl methyl sites for hydroxylation is 1. The molecule has 0 fully saturated rings. The number of nitrogens with zero attached hydrogens (tertiary/aromatic N) is 4. The van der Waals surface area contributed by atoms with Crippen LogP contribution in [0.1, 0.15) is 34.8 Å². The second-order valence-corrected chi connectivity index (χ2v) is 7.85. The van der Waals surface area contributed by atoms with Crippen molar-refractivity contribution in [2.24, 2.45) is 0 Å². The second-order valence-electron chi connectivity index (χ2n) is 6.62. The monoisotopic (exact) mass is 485 g/mol. The van der Waals surface area contributed by atoms with Crippen LogP contribution in [0.2, 0.25) is 5.02 Å². The van der Waals surface area contributed by atoms with Crippen molar-refractivity contribution >= 4 is 39.1 Å². The molecule has 2 heterocycles. The van der Waals surface area contributed by atoms with E-state index in [9.17, 15) is 13.6 Å². The predicted octanol–water partition coefficient (Wildman–Crippen LogP) is 5.05. The fourth-order valence-electron chi connectivity index (χ4n) is 2.95. The summed E-state index contributed by atoms with van der Waals surface area (Å²) in [6.45, 7) is 5.62. The van der Waals surface area contributed by atoms with E-state index in [2.05, 4.69) is 31.4 Å². The maximum absolute atomic E-state index is 13.0. The zero-order valence-electron chi connectivity index (χ0n) is 16.0. The summed E-state index contributed by atoms with van der Waals surface area (Å²) in [4.78, 5) is 12.5. The number of nitrogens with one attached hydrogen (secondary N) is 1. The van der Waals surface area contributed by atoms with Gasteiger partial charge in [-0.1, -0.05) is 23.7 Å². The largest absolute Gasteiger partial charge is 0.321 e. The van der Waals surface area contributed by atoms with E-state index in [1.54, 1.807) is 18.5 Å². The molecule has 0 aliphatic carbocycles. The number of benzene rings is 1. The Labute approximate surface area is 180 Å². The summed E-state index contributed by atoms with van der Waals surface area (Å²) in [5.41, 5.74) is 3.16. The minimum atomic E-state index is -2.72. The minimum absolute atomic E-state index is 0.182. The van der Waals surface area contributed by atoms with E-state index < -0.39 is 6.43 Å². The molecule has 3 rings (SSSR count). The van der Waals surface area contributed by atoms with Crippen LogP contribution in [0.25, 0.3) is 0 Å². The van der Waals surface area contributed by atoms with Gasteiger partial charge in [0.1, 0.15) is 12.2 Å². The fraction of sp³-hybridized carbons (Fsp3) is 0.316. The summed E-state index contributed by atoms with van der Waals surface area (Å²) >= 11 is 9.02. The summed E-state index contributed by atoms with van der Waals surface area (Å²) in [6, 6.07) is 7.44. The van der Waals surface area contributed by atoms with Crippen molar-refractivity contribution in [3.05, 3.63) is 62.1 Å². The van der Waals surface area contributed by atoms with Gasteiger partial charge in [-0.05, 0) is 54.4 Å². The number of hydrogen-bond acceptors (Lipinski definition) is 3. The minimum Gasteiger partial charge on any atom is -0.321 e. The molecule has 29 heavy (non-hydrogen) atoms. The van der Waals surface area contributed by atoms with Gasteiger partial charge in [0.05, 0.1) is 33.8 Å². The molecule has 1 amide bonds. The van der Waals surface area contributed by atoms with Crippen LogP contribution in [0.5, 0.6) is 0 Å². The highest BCUT2D eigenvalue weighted by Gasteiger charge is 2.22. The fourth-order valence-corrected chi connectivity index (χ4v) is 3.53. The highest BCUT2D eigenvalue weighted by Crippen LogP contribution is 2.29. The third kappa shape index (κ3) is 4.67. The number of rotatable bonds is 6. The first-order chi connectivity index (χ1) is 13.7. The van der Waals surface area contributed by atoms with Crippen LogP contribution in [0.4, 0.5) is 14.5 Å². The molecule has 0 radical (unpaired) electrons. The molecule has 2 aromatic heterocycles. The Morgan fingerprint density at radius 1 is 1.14 bits per heavy atom. The van der Waals surface area contributed by atoms with E-state index in [1.807, 2.05) is 31.2 Å². The van der Waals surface area contributed by atoms with Crippen LogP contribution >= 0.6 is 27.5 Å². The number of aromatic nitrogens is 4. The van der Waals surface area contributed by atoms with Gasteiger partial charge in [0, 0.05) is 5.02 Å². The van der Waals surface area contributed by atoms with Gasteiger partial charge >= 0.3 is 0 Å². The van der Waals surface area contributed by atoms with Crippen LogP contribution < -0.4 is 5.32 Å². The zero-order chi connectivity index (χ0) is 21.3. The molecular formula is C19H19BrClF2N5O. The smallest absolute Gasteiger partial charge is 0.283 e. The quantitative estimate of drug-likeness (QED) is 0.530. The average Bonchev–Trinajstić information content (AvgIpc) is 3.08. The molecule has 0 saturated heterocycles. The SMILES string of the molecule is Cc1nn(Cc2ccc(Cl)cc2)c(C)c1NC(=O)Cn1nc(C(F)F)c(Br)c1C. The maximum atomic E-state index is 13.0. The summed E-state index contributed by atoms with van der Waals surface area (Å²) in [7, 11) is 0. The zero-order valence-corrected chi connectivity index (χ0v) is 18.4. The van der Waals surface area contributed by atoms with Gasteiger partial charge in [-0.2, -0.15) is 10.2 Å². The summed E-state index contributed by atoms with van der Waals surface area (Å²) < 4.78 is 29.2.